The van der Waals surface area contributed by atoms with E-state index in [2.05, 4.69) is 5.32 Å². The fourth-order valence-corrected chi connectivity index (χ4v) is 1.37. The standard InChI is InChI=1S/C12H18N2O2/c1-4-8(2)14-12(15)9-6-5-7-10(13)11(9)16-3/h5-8H,4,13H2,1-3H3,(H,14,15). The molecule has 0 spiro atoms. The summed E-state index contributed by atoms with van der Waals surface area (Å²) in [5.41, 5.74) is 6.67. The monoisotopic (exact) mass is 222 g/mol. The van der Waals surface area contributed by atoms with Gasteiger partial charge in [0.2, 0.25) is 0 Å². The lowest BCUT2D eigenvalue weighted by Crippen LogP contribution is -2.32. The Morgan fingerprint density at radius 2 is 2.25 bits per heavy atom. The highest BCUT2D eigenvalue weighted by atomic mass is 16.5. The molecular formula is C12H18N2O2. The average molecular weight is 222 g/mol. The number of benzene rings is 1. The van der Waals surface area contributed by atoms with Crippen molar-refractivity contribution in [2.24, 2.45) is 0 Å². The summed E-state index contributed by atoms with van der Waals surface area (Å²) in [7, 11) is 1.51. The molecule has 0 aliphatic heterocycles. The topological polar surface area (TPSA) is 64.4 Å². The number of methoxy groups -OCH3 is 1. The van der Waals surface area contributed by atoms with Gasteiger partial charge in [-0.05, 0) is 25.5 Å². The molecule has 3 N–H and O–H groups in total. The molecule has 16 heavy (non-hydrogen) atoms. The summed E-state index contributed by atoms with van der Waals surface area (Å²) >= 11 is 0. The van der Waals surface area contributed by atoms with Crippen molar-refractivity contribution in [1.82, 2.24) is 5.32 Å². The second kappa shape index (κ2) is 5.39. The molecule has 0 saturated heterocycles. The molecule has 0 radical (unpaired) electrons. The molecule has 1 rings (SSSR count). The number of nitrogen functional groups attached to an aromatic ring is 1. The van der Waals surface area contributed by atoms with Crippen LogP contribution in [0.1, 0.15) is 30.6 Å². The Kier molecular flexibility index (Phi) is 4.17. The van der Waals surface area contributed by atoms with E-state index in [0.29, 0.717) is 17.0 Å². The molecule has 0 fully saturated rings. The smallest absolute Gasteiger partial charge is 0.255 e. The zero-order valence-corrected chi connectivity index (χ0v) is 9.91. The zero-order chi connectivity index (χ0) is 12.1. The van der Waals surface area contributed by atoms with E-state index in [9.17, 15) is 4.79 Å². The second-order valence-corrected chi connectivity index (χ2v) is 3.71. The van der Waals surface area contributed by atoms with Crippen molar-refractivity contribution < 1.29 is 9.53 Å². The molecule has 1 unspecified atom stereocenters. The van der Waals surface area contributed by atoms with Crippen LogP contribution in [-0.4, -0.2) is 19.1 Å². The third kappa shape index (κ3) is 2.66. The summed E-state index contributed by atoms with van der Waals surface area (Å²) in [6.07, 6.45) is 0.885. The lowest BCUT2D eigenvalue weighted by Gasteiger charge is -2.14. The summed E-state index contributed by atoms with van der Waals surface area (Å²) in [6, 6.07) is 5.29. The van der Waals surface area contributed by atoms with Gasteiger partial charge in [-0.25, -0.2) is 0 Å². The number of hydrogen-bond donors (Lipinski definition) is 2. The second-order valence-electron chi connectivity index (χ2n) is 3.71. The Labute approximate surface area is 95.8 Å². The first kappa shape index (κ1) is 12.4. The molecule has 0 heterocycles. The van der Waals surface area contributed by atoms with Gasteiger partial charge in [0.25, 0.3) is 5.91 Å². The molecule has 0 saturated carbocycles. The van der Waals surface area contributed by atoms with Crippen LogP contribution < -0.4 is 15.8 Å². The van der Waals surface area contributed by atoms with Crippen LogP contribution in [0.2, 0.25) is 0 Å². The predicted octanol–water partition coefficient (Wildman–Crippen LogP) is 1.81. The minimum atomic E-state index is -0.154. The summed E-state index contributed by atoms with van der Waals surface area (Å²) in [6.45, 7) is 3.97. The molecule has 1 atom stereocenters. The molecule has 0 aliphatic carbocycles. The number of nitrogens with one attached hydrogen (secondary N) is 1. The van der Waals surface area contributed by atoms with Crippen LogP contribution >= 0.6 is 0 Å². The summed E-state index contributed by atoms with van der Waals surface area (Å²) in [4.78, 5) is 11.9. The van der Waals surface area contributed by atoms with E-state index in [4.69, 9.17) is 10.5 Å². The van der Waals surface area contributed by atoms with E-state index in [1.165, 1.54) is 7.11 Å². The Hall–Kier alpha value is -1.71. The number of ether oxygens (including phenoxy) is 1. The normalized spacial score (nSPS) is 11.9. The van der Waals surface area contributed by atoms with Crippen molar-refractivity contribution >= 4 is 11.6 Å². The van der Waals surface area contributed by atoms with E-state index in [1.54, 1.807) is 18.2 Å². The lowest BCUT2D eigenvalue weighted by atomic mass is 10.1. The highest BCUT2D eigenvalue weighted by Crippen LogP contribution is 2.25. The van der Waals surface area contributed by atoms with E-state index in [0.717, 1.165) is 6.42 Å². The quantitative estimate of drug-likeness (QED) is 0.763. The minimum absolute atomic E-state index is 0.138. The molecular weight excluding hydrogens is 204 g/mol. The van der Waals surface area contributed by atoms with Gasteiger partial charge in [0.05, 0.1) is 18.4 Å². The first-order chi connectivity index (χ1) is 7.60. The first-order valence-corrected chi connectivity index (χ1v) is 5.33. The third-order valence-corrected chi connectivity index (χ3v) is 2.48. The third-order valence-electron chi connectivity index (χ3n) is 2.48. The summed E-state index contributed by atoms with van der Waals surface area (Å²) < 4.78 is 5.13. The number of carbonyl (C=O) groups is 1. The molecule has 1 amide bonds. The van der Waals surface area contributed by atoms with Gasteiger partial charge in [-0.3, -0.25) is 4.79 Å². The highest BCUT2D eigenvalue weighted by molar-refractivity contribution is 5.98. The van der Waals surface area contributed by atoms with Gasteiger partial charge in [-0.15, -0.1) is 0 Å². The van der Waals surface area contributed by atoms with E-state index < -0.39 is 0 Å². The van der Waals surface area contributed by atoms with Gasteiger partial charge in [-0.2, -0.15) is 0 Å². The van der Waals surface area contributed by atoms with Crippen LogP contribution in [0.5, 0.6) is 5.75 Å². The van der Waals surface area contributed by atoms with Crippen LogP contribution in [0, 0.1) is 0 Å². The number of para-hydroxylation sites is 1. The van der Waals surface area contributed by atoms with Crippen molar-refractivity contribution in [3.8, 4) is 5.75 Å². The lowest BCUT2D eigenvalue weighted by molar-refractivity contribution is 0.0936. The van der Waals surface area contributed by atoms with E-state index in [-0.39, 0.29) is 11.9 Å². The van der Waals surface area contributed by atoms with Gasteiger partial charge >= 0.3 is 0 Å². The number of amides is 1. The Balaban J connectivity index is 2.95. The number of rotatable bonds is 4. The molecule has 0 aromatic heterocycles. The molecule has 0 aliphatic rings. The van der Waals surface area contributed by atoms with Gasteiger partial charge in [0.1, 0.15) is 0 Å². The number of carbonyl (C=O) groups excluding carboxylic acids is 1. The van der Waals surface area contributed by atoms with Crippen molar-refractivity contribution in [3.63, 3.8) is 0 Å². The summed E-state index contributed by atoms with van der Waals surface area (Å²) in [5.74, 6) is 0.279. The maximum Gasteiger partial charge on any atom is 0.255 e. The molecule has 1 aromatic carbocycles. The maximum atomic E-state index is 11.9. The van der Waals surface area contributed by atoms with Gasteiger partial charge in [0.15, 0.2) is 5.75 Å². The molecule has 88 valence electrons. The largest absolute Gasteiger partial charge is 0.494 e. The van der Waals surface area contributed by atoms with Gasteiger partial charge in [0, 0.05) is 6.04 Å². The SMILES string of the molecule is CCC(C)NC(=O)c1cccc(N)c1OC. The summed E-state index contributed by atoms with van der Waals surface area (Å²) in [5, 5.41) is 2.87. The van der Waals surface area contributed by atoms with Crippen molar-refractivity contribution in [1.29, 1.82) is 0 Å². The van der Waals surface area contributed by atoms with Crippen LogP contribution in [-0.2, 0) is 0 Å². The van der Waals surface area contributed by atoms with E-state index >= 15 is 0 Å². The van der Waals surface area contributed by atoms with Crippen molar-refractivity contribution in [2.45, 2.75) is 26.3 Å². The van der Waals surface area contributed by atoms with Crippen LogP contribution in [0.15, 0.2) is 18.2 Å². The number of anilines is 1. The highest BCUT2D eigenvalue weighted by Gasteiger charge is 2.15. The number of hydrogen-bond acceptors (Lipinski definition) is 3. The predicted molar refractivity (Wildman–Crippen MR) is 64.6 cm³/mol. The Morgan fingerprint density at radius 3 is 2.81 bits per heavy atom. The van der Waals surface area contributed by atoms with Crippen molar-refractivity contribution in [3.05, 3.63) is 23.8 Å². The van der Waals surface area contributed by atoms with Gasteiger partial charge in [-0.1, -0.05) is 13.0 Å². The van der Waals surface area contributed by atoms with Gasteiger partial charge < -0.3 is 15.8 Å². The maximum absolute atomic E-state index is 11.9. The fraction of sp³-hybridized carbons (Fsp3) is 0.417. The van der Waals surface area contributed by atoms with Crippen LogP contribution in [0.3, 0.4) is 0 Å². The average Bonchev–Trinajstić information content (AvgIpc) is 2.28. The molecule has 0 bridgehead atoms. The molecule has 4 nitrogen and oxygen atoms in total. The Morgan fingerprint density at radius 1 is 1.56 bits per heavy atom. The first-order valence-electron chi connectivity index (χ1n) is 5.33. The van der Waals surface area contributed by atoms with Crippen LogP contribution in [0.4, 0.5) is 5.69 Å². The zero-order valence-electron chi connectivity index (χ0n) is 9.91. The molecule has 4 heteroatoms. The fourth-order valence-electron chi connectivity index (χ4n) is 1.37. The molecule has 1 aromatic rings. The Bertz CT molecular complexity index is 377. The van der Waals surface area contributed by atoms with Crippen molar-refractivity contribution in [2.75, 3.05) is 12.8 Å². The van der Waals surface area contributed by atoms with Crippen LogP contribution in [0.25, 0.3) is 0 Å². The van der Waals surface area contributed by atoms with E-state index in [1.807, 2.05) is 13.8 Å². The minimum Gasteiger partial charge on any atom is -0.494 e. The number of nitrogens with two attached hydrogens (primary N) is 1.